The van der Waals surface area contributed by atoms with Gasteiger partial charge in [-0.3, -0.25) is 4.79 Å². The van der Waals surface area contributed by atoms with Crippen LogP contribution in [0, 0.1) is 0 Å². The maximum Gasteiger partial charge on any atom is 0.251 e. The van der Waals surface area contributed by atoms with Gasteiger partial charge in [-0.05, 0) is 25.0 Å². The van der Waals surface area contributed by atoms with E-state index in [0.29, 0.717) is 17.9 Å². The van der Waals surface area contributed by atoms with Crippen molar-refractivity contribution in [3.63, 3.8) is 0 Å². The zero-order valence-electron chi connectivity index (χ0n) is 9.78. The van der Waals surface area contributed by atoms with Crippen LogP contribution in [0.25, 0.3) is 0 Å². The first kappa shape index (κ1) is 13.1. The van der Waals surface area contributed by atoms with Gasteiger partial charge in [0.15, 0.2) is 0 Å². The van der Waals surface area contributed by atoms with Crippen molar-refractivity contribution in [2.24, 2.45) is 5.84 Å². The van der Waals surface area contributed by atoms with Crippen molar-refractivity contribution in [1.82, 2.24) is 10.3 Å². The molecule has 0 aliphatic carbocycles. The molecular weight excluding hydrogens is 256 g/mol. The van der Waals surface area contributed by atoms with Crippen molar-refractivity contribution in [2.75, 3.05) is 18.6 Å². The Labute approximate surface area is 110 Å². The average Bonchev–Trinajstić information content (AvgIpc) is 2.88. The number of hydrazine groups is 1. The molecule has 0 radical (unpaired) electrons. The predicted octanol–water partition coefficient (Wildman–Crippen LogP) is 0.929. The van der Waals surface area contributed by atoms with Crippen LogP contribution in [-0.2, 0) is 4.74 Å². The van der Waals surface area contributed by atoms with E-state index < -0.39 is 0 Å². The van der Waals surface area contributed by atoms with Crippen molar-refractivity contribution >= 4 is 23.3 Å². The molecule has 98 valence electrons. The number of nitrogens with one attached hydrogen (secondary N) is 2. The molecule has 1 aliphatic rings. The summed E-state index contributed by atoms with van der Waals surface area (Å²) in [5.41, 5.74) is 2.78. The van der Waals surface area contributed by atoms with Gasteiger partial charge in [0.05, 0.1) is 6.10 Å². The SMILES string of the molecule is NNc1cc(C(=O)NCC2CCCO2)cc(Cl)n1. The monoisotopic (exact) mass is 270 g/mol. The molecule has 1 saturated heterocycles. The number of pyridine rings is 1. The molecule has 2 rings (SSSR count). The lowest BCUT2D eigenvalue weighted by Gasteiger charge is -2.11. The van der Waals surface area contributed by atoms with E-state index in [9.17, 15) is 4.79 Å². The van der Waals surface area contributed by atoms with E-state index in [-0.39, 0.29) is 17.2 Å². The Balaban J connectivity index is 1.97. The van der Waals surface area contributed by atoms with Crippen LogP contribution in [0.4, 0.5) is 5.82 Å². The summed E-state index contributed by atoms with van der Waals surface area (Å²) >= 11 is 5.79. The lowest BCUT2D eigenvalue weighted by atomic mass is 10.2. The highest BCUT2D eigenvalue weighted by Crippen LogP contribution is 2.14. The molecule has 1 aliphatic heterocycles. The Morgan fingerprint density at radius 3 is 3.11 bits per heavy atom. The summed E-state index contributed by atoms with van der Waals surface area (Å²) < 4.78 is 5.42. The second-order valence-electron chi connectivity index (χ2n) is 4.05. The Morgan fingerprint density at radius 1 is 1.61 bits per heavy atom. The van der Waals surface area contributed by atoms with E-state index in [1.54, 1.807) is 0 Å². The van der Waals surface area contributed by atoms with E-state index in [4.69, 9.17) is 22.2 Å². The molecule has 0 spiro atoms. The molecule has 7 heteroatoms. The summed E-state index contributed by atoms with van der Waals surface area (Å²) in [6, 6.07) is 3.03. The van der Waals surface area contributed by atoms with Crippen LogP contribution in [-0.4, -0.2) is 30.1 Å². The number of nitrogen functional groups attached to an aromatic ring is 1. The Kier molecular flexibility index (Phi) is 4.35. The number of aromatic nitrogens is 1. The third kappa shape index (κ3) is 3.32. The fraction of sp³-hybridized carbons (Fsp3) is 0.455. The summed E-state index contributed by atoms with van der Waals surface area (Å²) in [5.74, 6) is 5.37. The van der Waals surface area contributed by atoms with Gasteiger partial charge in [-0.25, -0.2) is 10.8 Å². The van der Waals surface area contributed by atoms with Gasteiger partial charge in [-0.2, -0.15) is 0 Å². The predicted molar refractivity (Wildman–Crippen MR) is 68.4 cm³/mol. The highest BCUT2D eigenvalue weighted by atomic mass is 35.5. The van der Waals surface area contributed by atoms with E-state index in [0.717, 1.165) is 19.4 Å². The number of carbonyl (C=O) groups excluding carboxylic acids is 1. The minimum atomic E-state index is -0.216. The maximum absolute atomic E-state index is 11.9. The number of nitrogens with two attached hydrogens (primary N) is 1. The van der Waals surface area contributed by atoms with Crippen LogP contribution in [0.2, 0.25) is 5.15 Å². The van der Waals surface area contributed by atoms with Gasteiger partial charge >= 0.3 is 0 Å². The first-order valence-corrected chi connectivity index (χ1v) is 6.11. The lowest BCUT2D eigenvalue weighted by Crippen LogP contribution is -2.31. The number of halogens is 1. The molecule has 1 unspecified atom stereocenters. The first-order chi connectivity index (χ1) is 8.69. The van der Waals surface area contributed by atoms with E-state index in [1.807, 2.05) is 0 Å². The van der Waals surface area contributed by atoms with Crippen molar-refractivity contribution in [3.8, 4) is 0 Å². The molecule has 1 aromatic rings. The summed E-state index contributed by atoms with van der Waals surface area (Å²) in [6.45, 7) is 1.27. The minimum Gasteiger partial charge on any atom is -0.376 e. The van der Waals surface area contributed by atoms with E-state index >= 15 is 0 Å². The van der Waals surface area contributed by atoms with Gasteiger partial charge in [0.1, 0.15) is 11.0 Å². The summed E-state index contributed by atoms with van der Waals surface area (Å²) in [6.07, 6.45) is 2.13. The minimum absolute atomic E-state index is 0.110. The van der Waals surface area contributed by atoms with Gasteiger partial charge in [0.2, 0.25) is 0 Å². The standard InChI is InChI=1S/C11H15ClN4O2/c12-9-4-7(5-10(15-9)16-13)11(17)14-6-8-2-1-3-18-8/h4-5,8H,1-3,6,13H2,(H,14,17)(H,15,16). The molecule has 1 fully saturated rings. The van der Waals surface area contributed by atoms with Crippen LogP contribution in [0.3, 0.4) is 0 Å². The number of anilines is 1. The zero-order chi connectivity index (χ0) is 13.0. The van der Waals surface area contributed by atoms with Crippen LogP contribution in [0.5, 0.6) is 0 Å². The third-order valence-electron chi connectivity index (χ3n) is 2.72. The topological polar surface area (TPSA) is 89.3 Å². The van der Waals surface area contributed by atoms with Crippen LogP contribution >= 0.6 is 11.6 Å². The third-order valence-corrected chi connectivity index (χ3v) is 2.91. The second-order valence-corrected chi connectivity index (χ2v) is 4.44. The van der Waals surface area contributed by atoms with Gasteiger partial charge < -0.3 is 15.5 Å². The number of ether oxygens (including phenoxy) is 1. The zero-order valence-corrected chi connectivity index (χ0v) is 10.5. The molecule has 2 heterocycles. The molecule has 1 aromatic heterocycles. The summed E-state index contributed by atoms with van der Waals surface area (Å²) in [5, 5.41) is 3.02. The van der Waals surface area contributed by atoms with Gasteiger partial charge in [0, 0.05) is 18.7 Å². The normalized spacial score (nSPS) is 18.7. The molecule has 0 saturated carbocycles. The molecular formula is C11H15ClN4O2. The van der Waals surface area contributed by atoms with E-state index in [2.05, 4.69) is 15.7 Å². The van der Waals surface area contributed by atoms with Gasteiger partial charge in [-0.15, -0.1) is 0 Å². The number of amides is 1. The molecule has 18 heavy (non-hydrogen) atoms. The lowest BCUT2D eigenvalue weighted by molar-refractivity contribution is 0.0857. The first-order valence-electron chi connectivity index (χ1n) is 5.73. The Morgan fingerprint density at radius 2 is 2.44 bits per heavy atom. The molecule has 0 aromatic carbocycles. The number of nitrogens with zero attached hydrogens (tertiary/aromatic N) is 1. The van der Waals surface area contributed by atoms with Crippen molar-refractivity contribution in [1.29, 1.82) is 0 Å². The number of hydrogen-bond acceptors (Lipinski definition) is 5. The number of hydrogen-bond donors (Lipinski definition) is 3. The quantitative estimate of drug-likeness (QED) is 0.430. The Bertz CT molecular complexity index is 435. The highest BCUT2D eigenvalue weighted by molar-refractivity contribution is 6.29. The second kappa shape index (κ2) is 5.99. The van der Waals surface area contributed by atoms with Crippen LogP contribution in [0.1, 0.15) is 23.2 Å². The van der Waals surface area contributed by atoms with E-state index in [1.165, 1.54) is 12.1 Å². The van der Waals surface area contributed by atoms with Crippen LogP contribution in [0.15, 0.2) is 12.1 Å². The van der Waals surface area contributed by atoms with Gasteiger partial charge in [0.25, 0.3) is 5.91 Å². The molecule has 1 amide bonds. The fourth-order valence-corrected chi connectivity index (χ4v) is 2.02. The van der Waals surface area contributed by atoms with Crippen molar-refractivity contribution < 1.29 is 9.53 Å². The van der Waals surface area contributed by atoms with Crippen LogP contribution < -0.4 is 16.6 Å². The molecule has 6 nitrogen and oxygen atoms in total. The van der Waals surface area contributed by atoms with Gasteiger partial charge in [-0.1, -0.05) is 11.6 Å². The molecule has 4 N–H and O–H groups in total. The number of rotatable bonds is 4. The van der Waals surface area contributed by atoms with Crippen molar-refractivity contribution in [3.05, 3.63) is 22.8 Å². The molecule has 1 atom stereocenters. The molecule has 0 bridgehead atoms. The average molecular weight is 271 g/mol. The summed E-state index contributed by atoms with van der Waals surface area (Å²) in [4.78, 5) is 15.8. The maximum atomic E-state index is 11.9. The fourth-order valence-electron chi connectivity index (χ4n) is 1.82. The van der Waals surface area contributed by atoms with Crippen molar-refractivity contribution in [2.45, 2.75) is 18.9 Å². The Hall–Kier alpha value is -1.37. The largest absolute Gasteiger partial charge is 0.376 e. The highest BCUT2D eigenvalue weighted by Gasteiger charge is 2.17. The summed E-state index contributed by atoms with van der Waals surface area (Å²) in [7, 11) is 0. The smallest absolute Gasteiger partial charge is 0.251 e. The number of carbonyl (C=O) groups is 1.